The molecule has 2 heterocycles. The van der Waals surface area contributed by atoms with Crippen molar-refractivity contribution in [2.75, 3.05) is 9.80 Å². The second kappa shape index (κ2) is 13.8. The van der Waals surface area contributed by atoms with Gasteiger partial charge in [-0.15, -0.1) is 0 Å². The average molecular weight is 725 g/mol. The van der Waals surface area contributed by atoms with Crippen LogP contribution in [-0.4, -0.2) is 23.6 Å². The summed E-state index contributed by atoms with van der Waals surface area (Å²) < 4.78 is 17.9. The highest BCUT2D eigenvalue weighted by Crippen LogP contribution is 2.36. The second-order valence-electron chi connectivity index (χ2n) is 13.2. The number of benzene rings is 6. The first-order chi connectivity index (χ1) is 26.5. The molecule has 0 fully saturated rings. The summed E-state index contributed by atoms with van der Waals surface area (Å²) in [4.78, 5) is 55.7. The predicted molar refractivity (Wildman–Crippen MR) is 211 cm³/mol. The van der Waals surface area contributed by atoms with Crippen LogP contribution in [0.2, 0.25) is 0 Å². The van der Waals surface area contributed by atoms with E-state index in [4.69, 9.17) is 14.2 Å². The summed E-state index contributed by atoms with van der Waals surface area (Å²) in [5, 5.41) is 0. The summed E-state index contributed by atoms with van der Waals surface area (Å²) in [6.07, 6.45) is 0. The van der Waals surface area contributed by atoms with Crippen molar-refractivity contribution in [1.82, 2.24) is 0 Å². The third kappa shape index (κ3) is 6.55. The number of amides is 4. The van der Waals surface area contributed by atoms with Crippen molar-refractivity contribution in [2.24, 2.45) is 0 Å². The molecule has 0 unspecified atom stereocenters. The van der Waals surface area contributed by atoms with Crippen LogP contribution in [-0.2, 0) is 0 Å². The van der Waals surface area contributed by atoms with E-state index in [0.29, 0.717) is 45.9 Å². The molecule has 0 aliphatic carbocycles. The Balaban J connectivity index is 0.914. The van der Waals surface area contributed by atoms with Crippen LogP contribution in [0.4, 0.5) is 11.4 Å². The number of ether oxygens (including phenoxy) is 3. The minimum absolute atomic E-state index is 0.248. The van der Waals surface area contributed by atoms with Crippen LogP contribution >= 0.6 is 0 Å². The Morgan fingerprint density at radius 2 is 0.655 bits per heavy atom. The van der Waals surface area contributed by atoms with Crippen LogP contribution in [0.25, 0.3) is 11.1 Å². The van der Waals surface area contributed by atoms with Crippen LogP contribution in [0, 0.1) is 0 Å². The molecule has 2 aliphatic heterocycles. The molecule has 0 saturated heterocycles. The van der Waals surface area contributed by atoms with Gasteiger partial charge in [0, 0.05) is 0 Å². The molecule has 0 bridgehead atoms. The SMILES string of the molecule is C=C(C)c1ccc(Oc2ccc3c(c2)C(=O)N(c2ccc(Oc4ccc(N5C(=O)c6ccc(Oc7ccc(C(=C)C)cc7)cc6C5=O)cc4)cc2)C3=O)cc1. The van der Waals surface area contributed by atoms with Gasteiger partial charge in [-0.25, -0.2) is 9.80 Å². The molecule has 55 heavy (non-hydrogen) atoms. The Morgan fingerprint density at radius 1 is 0.382 bits per heavy atom. The molecule has 6 aromatic rings. The van der Waals surface area contributed by atoms with Crippen molar-refractivity contribution in [3.05, 3.63) is 180 Å². The highest BCUT2D eigenvalue weighted by Gasteiger charge is 2.38. The van der Waals surface area contributed by atoms with Gasteiger partial charge in [0.05, 0.1) is 33.6 Å². The number of hydrogen-bond acceptors (Lipinski definition) is 7. The van der Waals surface area contributed by atoms with Crippen molar-refractivity contribution in [3.8, 4) is 34.5 Å². The highest BCUT2D eigenvalue weighted by atomic mass is 16.5. The summed E-state index contributed by atoms with van der Waals surface area (Å²) >= 11 is 0. The fraction of sp³-hybridized carbons (Fsp3) is 0.0435. The van der Waals surface area contributed by atoms with Crippen LogP contribution in [0.5, 0.6) is 34.5 Å². The third-order valence-electron chi connectivity index (χ3n) is 9.31. The van der Waals surface area contributed by atoms with E-state index in [9.17, 15) is 19.2 Å². The van der Waals surface area contributed by atoms with Gasteiger partial charge in [-0.3, -0.25) is 19.2 Å². The van der Waals surface area contributed by atoms with E-state index in [1.165, 1.54) is 0 Å². The maximum Gasteiger partial charge on any atom is 0.266 e. The third-order valence-corrected chi connectivity index (χ3v) is 9.31. The largest absolute Gasteiger partial charge is 0.457 e. The number of imide groups is 2. The molecule has 9 heteroatoms. The van der Waals surface area contributed by atoms with Crippen LogP contribution in [0.15, 0.2) is 147 Å². The fourth-order valence-electron chi connectivity index (χ4n) is 6.39. The van der Waals surface area contributed by atoms with Crippen molar-refractivity contribution >= 4 is 46.1 Å². The number of anilines is 2. The molecule has 0 aromatic heterocycles. The van der Waals surface area contributed by atoms with E-state index in [0.717, 1.165) is 32.1 Å². The molecule has 0 spiro atoms. The van der Waals surface area contributed by atoms with Gasteiger partial charge in [-0.05, 0) is 134 Å². The van der Waals surface area contributed by atoms with E-state index in [1.54, 1.807) is 84.9 Å². The lowest BCUT2D eigenvalue weighted by atomic mass is 10.1. The minimum Gasteiger partial charge on any atom is -0.457 e. The second-order valence-corrected chi connectivity index (χ2v) is 13.2. The molecule has 4 amide bonds. The highest BCUT2D eigenvalue weighted by molar-refractivity contribution is 6.35. The molecule has 0 radical (unpaired) electrons. The summed E-state index contributed by atoms with van der Waals surface area (Å²) in [6.45, 7) is 11.7. The Hall–Kier alpha value is -7.52. The zero-order valence-electron chi connectivity index (χ0n) is 29.9. The average Bonchev–Trinajstić information content (AvgIpc) is 3.58. The molecule has 0 N–H and O–H groups in total. The van der Waals surface area contributed by atoms with Crippen LogP contribution in [0.1, 0.15) is 66.4 Å². The normalized spacial score (nSPS) is 13.1. The number of carbonyl (C=O) groups is 4. The first-order valence-corrected chi connectivity index (χ1v) is 17.4. The number of nitrogens with zero attached hydrogens (tertiary/aromatic N) is 2. The quantitative estimate of drug-likeness (QED) is 0.130. The van der Waals surface area contributed by atoms with Gasteiger partial charge in [0.2, 0.25) is 0 Å². The molecular formula is C46H32N2O7. The van der Waals surface area contributed by atoms with Crippen molar-refractivity contribution in [2.45, 2.75) is 13.8 Å². The Bertz CT molecular complexity index is 2390. The van der Waals surface area contributed by atoms with Gasteiger partial charge in [0.15, 0.2) is 0 Å². The Kier molecular flexibility index (Phi) is 8.67. The molecular weight excluding hydrogens is 693 g/mol. The zero-order valence-corrected chi connectivity index (χ0v) is 29.9. The lowest BCUT2D eigenvalue weighted by molar-refractivity contribution is 0.0910. The van der Waals surface area contributed by atoms with Crippen molar-refractivity contribution in [3.63, 3.8) is 0 Å². The molecule has 9 nitrogen and oxygen atoms in total. The maximum atomic E-state index is 13.4. The molecule has 2 aliphatic rings. The summed E-state index contributed by atoms with van der Waals surface area (Å²) in [7, 11) is 0. The Morgan fingerprint density at radius 3 is 0.982 bits per heavy atom. The zero-order chi connectivity index (χ0) is 38.4. The van der Waals surface area contributed by atoms with Gasteiger partial charge >= 0.3 is 0 Å². The molecule has 0 saturated carbocycles. The number of allylic oxidation sites excluding steroid dienone is 2. The Labute approximate surface area is 316 Å². The summed E-state index contributed by atoms with van der Waals surface area (Å²) in [5.41, 5.74) is 5.69. The lowest BCUT2D eigenvalue weighted by Crippen LogP contribution is -2.29. The first-order valence-electron chi connectivity index (χ1n) is 17.4. The number of carbonyl (C=O) groups excluding carboxylic acids is 4. The smallest absolute Gasteiger partial charge is 0.266 e. The van der Waals surface area contributed by atoms with E-state index < -0.39 is 23.6 Å². The number of rotatable bonds is 10. The topological polar surface area (TPSA) is 102 Å². The van der Waals surface area contributed by atoms with Crippen LogP contribution in [0.3, 0.4) is 0 Å². The molecule has 268 valence electrons. The summed E-state index contributed by atoms with van der Waals surface area (Å²) in [5.74, 6) is 1.15. The fourth-order valence-corrected chi connectivity index (χ4v) is 6.39. The van der Waals surface area contributed by atoms with Gasteiger partial charge in [-0.1, -0.05) is 48.6 Å². The van der Waals surface area contributed by atoms with Crippen LogP contribution < -0.4 is 24.0 Å². The molecule has 0 atom stereocenters. The molecule has 6 aromatic carbocycles. The predicted octanol–water partition coefficient (Wildman–Crippen LogP) is 10.7. The molecule has 8 rings (SSSR count). The first kappa shape index (κ1) is 34.6. The van der Waals surface area contributed by atoms with E-state index in [-0.39, 0.29) is 22.3 Å². The van der Waals surface area contributed by atoms with Gasteiger partial charge in [-0.2, -0.15) is 0 Å². The standard InChI is InChI=1S/C46H32N2O7/c1-27(2)29-5-13-33(14-6-29)54-37-21-23-39-41(25-37)45(51)47(43(39)49)31-9-17-35(18-10-31)53-36-19-11-32(12-20-36)48-44(50)40-24-22-38(26-42(40)46(48)52)55-34-15-7-30(8-16-34)28(3)4/h5-26H,1,3H2,2,4H3. The van der Waals surface area contributed by atoms with Gasteiger partial charge < -0.3 is 14.2 Å². The van der Waals surface area contributed by atoms with Gasteiger partial charge in [0.1, 0.15) is 34.5 Å². The van der Waals surface area contributed by atoms with E-state index in [1.807, 2.05) is 62.4 Å². The van der Waals surface area contributed by atoms with E-state index in [2.05, 4.69) is 13.2 Å². The lowest BCUT2D eigenvalue weighted by Gasteiger charge is -2.16. The summed E-state index contributed by atoms with van der Waals surface area (Å²) in [6, 6.07) is 37.6. The van der Waals surface area contributed by atoms with Crippen molar-refractivity contribution < 1.29 is 33.4 Å². The number of hydrogen-bond donors (Lipinski definition) is 0. The van der Waals surface area contributed by atoms with Crippen molar-refractivity contribution in [1.29, 1.82) is 0 Å². The minimum atomic E-state index is -0.460. The monoisotopic (exact) mass is 724 g/mol. The number of fused-ring (bicyclic) bond motifs is 2. The van der Waals surface area contributed by atoms with Gasteiger partial charge in [0.25, 0.3) is 23.6 Å². The maximum absolute atomic E-state index is 13.4. The van der Waals surface area contributed by atoms with E-state index >= 15 is 0 Å².